The predicted molar refractivity (Wildman–Crippen MR) is 117 cm³/mol. The highest BCUT2D eigenvalue weighted by molar-refractivity contribution is 8.15. The summed E-state index contributed by atoms with van der Waals surface area (Å²) in [5, 5.41) is 13.4. The monoisotopic (exact) mass is 410 g/mol. The topological polar surface area (TPSA) is 92.2 Å². The van der Waals surface area contributed by atoms with Crippen LogP contribution in [0.15, 0.2) is 52.7 Å². The molecule has 2 amide bonds. The van der Waals surface area contributed by atoms with Crippen molar-refractivity contribution >= 4 is 40.6 Å². The van der Waals surface area contributed by atoms with Crippen LogP contribution in [0, 0.1) is 13.8 Å². The molecule has 29 heavy (non-hydrogen) atoms. The smallest absolute Gasteiger partial charge is 0.240 e. The number of anilines is 1. The molecule has 1 unspecified atom stereocenters. The number of amides is 2. The Balaban J connectivity index is 1.59. The SMILES string of the molecule is COc1ccccc1C=NN=C1NC(=O)C(CC(=O)Nc2cccc(C)c2C)S1. The largest absolute Gasteiger partial charge is 0.496 e. The Hall–Kier alpha value is -3.13. The quantitative estimate of drug-likeness (QED) is 0.565. The van der Waals surface area contributed by atoms with Crippen molar-refractivity contribution in [3.8, 4) is 5.75 Å². The molecule has 2 aromatic carbocycles. The van der Waals surface area contributed by atoms with Crippen molar-refractivity contribution in [2.75, 3.05) is 12.4 Å². The maximum atomic E-state index is 12.4. The van der Waals surface area contributed by atoms with E-state index < -0.39 is 5.25 Å². The summed E-state index contributed by atoms with van der Waals surface area (Å²) < 4.78 is 5.25. The highest BCUT2D eigenvalue weighted by atomic mass is 32.2. The number of amidine groups is 1. The Morgan fingerprint density at radius 2 is 2.03 bits per heavy atom. The summed E-state index contributed by atoms with van der Waals surface area (Å²) in [4.78, 5) is 24.5. The second-order valence-corrected chi connectivity index (χ2v) is 7.68. The minimum absolute atomic E-state index is 0.0547. The van der Waals surface area contributed by atoms with Gasteiger partial charge in [-0.2, -0.15) is 5.10 Å². The van der Waals surface area contributed by atoms with Crippen LogP contribution in [0.2, 0.25) is 0 Å². The Morgan fingerprint density at radius 1 is 1.24 bits per heavy atom. The van der Waals surface area contributed by atoms with Crippen molar-refractivity contribution in [1.82, 2.24) is 5.32 Å². The van der Waals surface area contributed by atoms with Crippen LogP contribution in [0.5, 0.6) is 5.75 Å². The van der Waals surface area contributed by atoms with Crippen LogP contribution in [0.25, 0.3) is 0 Å². The van der Waals surface area contributed by atoms with E-state index in [-0.39, 0.29) is 18.2 Å². The fourth-order valence-electron chi connectivity index (χ4n) is 2.76. The minimum Gasteiger partial charge on any atom is -0.496 e. The summed E-state index contributed by atoms with van der Waals surface area (Å²) in [6.45, 7) is 3.94. The van der Waals surface area contributed by atoms with Gasteiger partial charge in [0.2, 0.25) is 11.8 Å². The summed E-state index contributed by atoms with van der Waals surface area (Å²) in [6.07, 6.45) is 1.61. The van der Waals surface area contributed by atoms with Crippen LogP contribution >= 0.6 is 11.8 Å². The van der Waals surface area contributed by atoms with Gasteiger partial charge in [-0.25, -0.2) is 0 Å². The van der Waals surface area contributed by atoms with Gasteiger partial charge in [0.05, 0.1) is 13.3 Å². The second-order valence-electron chi connectivity index (χ2n) is 6.49. The Morgan fingerprint density at radius 3 is 2.83 bits per heavy atom. The second kappa shape index (κ2) is 9.38. The molecule has 0 spiro atoms. The first kappa shape index (κ1) is 20.6. The fraction of sp³-hybridized carbons (Fsp3) is 0.238. The lowest BCUT2D eigenvalue weighted by atomic mass is 10.1. The molecular weight excluding hydrogens is 388 g/mol. The number of nitrogens with zero attached hydrogens (tertiary/aromatic N) is 2. The van der Waals surface area contributed by atoms with E-state index in [4.69, 9.17) is 4.74 Å². The van der Waals surface area contributed by atoms with Crippen molar-refractivity contribution < 1.29 is 14.3 Å². The van der Waals surface area contributed by atoms with Crippen molar-refractivity contribution in [3.63, 3.8) is 0 Å². The number of nitrogens with one attached hydrogen (secondary N) is 2. The van der Waals surface area contributed by atoms with Gasteiger partial charge in [-0.3, -0.25) is 9.59 Å². The predicted octanol–water partition coefficient (Wildman–Crippen LogP) is 3.26. The van der Waals surface area contributed by atoms with Crippen LogP contribution in [-0.4, -0.2) is 35.6 Å². The first-order valence-electron chi connectivity index (χ1n) is 9.05. The molecule has 3 rings (SSSR count). The molecule has 1 saturated heterocycles. The van der Waals surface area contributed by atoms with Gasteiger partial charge in [0.15, 0.2) is 5.17 Å². The average Bonchev–Trinajstić information content (AvgIpc) is 3.05. The minimum atomic E-state index is -0.541. The number of rotatable bonds is 6. The number of carbonyl (C=O) groups is 2. The van der Waals surface area contributed by atoms with Gasteiger partial charge in [0, 0.05) is 17.7 Å². The maximum Gasteiger partial charge on any atom is 0.240 e. The first-order valence-corrected chi connectivity index (χ1v) is 9.93. The molecule has 1 atom stereocenters. The van der Waals surface area contributed by atoms with Crippen molar-refractivity contribution in [1.29, 1.82) is 0 Å². The number of carbonyl (C=O) groups excluding carboxylic acids is 2. The Kier molecular flexibility index (Phi) is 6.66. The summed E-state index contributed by atoms with van der Waals surface area (Å²) in [7, 11) is 1.58. The number of para-hydroxylation sites is 1. The Bertz CT molecular complexity index is 988. The lowest BCUT2D eigenvalue weighted by Gasteiger charge is -2.11. The maximum absolute atomic E-state index is 12.4. The van der Waals surface area contributed by atoms with E-state index in [1.807, 2.05) is 56.3 Å². The molecule has 1 fully saturated rings. The van der Waals surface area contributed by atoms with E-state index >= 15 is 0 Å². The molecule has 0 aromatic heterocycles. The van der Waals surface area contributed by atoms with Crippen molar-refractivity contribution in [3.05, 3.63) is 59.2 Å². The van der Waals surface area contributed by atoms with Gasteiger partial charge in [-0.05, 0) is 43.2 Å². The number of hydrogen-bond donors (Lipinski definition) is 2. The molecule has 2 N–H and O–H groups in total. The van der Waals surface area contributed by atoms with Gasteiger partial charge in [0.25, 0.3) is 0 Å². The van der Waals surface area contributed by atoms with Crippen LogP contribution < -0.4 is 15.4 Å². The highest BCUT2D eigenvalue weighted by Crippen LogP contribution is 2.24. The van der Waals surface area contributed by atoms with E-state index in [1.54, 1.807) is 13.3 Å². The lowest BCUT2D eigenvalue weighted by molar-refractivity contribution is -0.122. The molecule has 0 radical (unpaired) electrons. The van der Waals surface area contributed by atoms with Crippen LogP contribution in [-0.2, 0) is 9.59 Å². The van der Waals surface area contributed by atoms with Crippen LogP contribution in [0.3, 0.4) is 0 Å². The lowest BCUT2D eigenvalue weighted by Crippen LogP contribution is -2.28. The third kappa shape index (κ3) is 5.23. The zero-order valence-corrected chi connectivity index (χ0v) is 17.2. The highest BCUT2D eigenvalue weighted by Gasteiger charge is 2.32. The molecule has 8 heteroatoms. The number of methoxy groups -OCH3 is 1. The van der Waals surface area contributed by atoms with Gasteiger partial charge >= 0.3 is 0 Å². The zero-order valence-electron chi connectivity index (χ0n) is 16.4. The van der Waals surface area contributed by atoms with Gasteiger partial charge < -0.3 is 15.4 Å². The molecule has 0 saturated carbocycles. The third-order valence-electron chi connectivity index (χ3n) is 4.51. The molecule has 0 bridgehead atoms. The summed E-state index contributed by atoms with van der Waals surface area (Å²) in [5.41, 5.74) is 3.64. The van der Waals surface area contributed by atoms with Gasteiger partial charge in [-0.1, -0.05) is 36.0 Å². The summed E-state index contributed by atoms with van der Waals surface area (Å²) in [5.74, 6) is 0.211. The Labute approximate surface area is 173 Å². The van der Waals surface area contributed by atoms with Crippen LogP contribution in [0.4, 0.5) is 5.69 Å². The normalized spacial score (nSPS) is 17.6. The molecule has 0 aliphatic carbocycles. The molecule has 1 aliphatic heterocycles. The summed E-state index contributed by atoms with van der Waals surface area (Å²) >= 11 is 1.19. The third-order valence-corrected chi connectivity index (χ3v) is 5.58. The van der Waals surface area contributed by atoms with E-state index in [0.717, 1.165) is 22.4 Å². The molecule has 150 valence electrons. The molecule has 7 nitrogen and oxygen atoms in total. The number of benzene rings is 2. The number of hydrogen-bond acceptors (Lipinski definition) is 6. The molecule has 1 heterocycles. The molecule has 2 aromatic rings. The van der Waals surface area contributed by atoms with E-state index in [9.17, 15) is 9.59 Å². The van der Waals surface area contributed by atoms with E-state index in [0.29, 0.717) is 10.9 Å². The molecule has 1 aliphatic rings. The van der Waals surface area contributed by atoms with E-state index in [1.165, 1.54) is 11.8 Å². The fourth-order valence-corrected chi connectivity index (χ4v) is 3.68. The standard InChI is InChI=1S/C21H22N4O3S/c1-13-7-6-9-16(14(13)2)23-19(26)11-18-20(27)24-21(29-18)25-22-12-15-8-4-5-10-17(15)28-3/h4-10,12,18H,11H2,1-3H3,(H,23,26)(H,24,25,27). The first-order chi connectivity index (χ1) is 14.0. The van der Waals surface area contributed by atoms with Gasteiger partial charge in [-0.15, -0.1) is 5.10 Å². The van der Waals surface area contributed by atoms with E-state index in [2.05, 4.69) is 20.8 Å². The van der Waals surface area contributed by atoms with Gasteiger partial charge in [0.1, 0.15) is 11.0 Å². The van der Waals surface area contributed by atoms with Crippen LogP contribution in [0.1, 0.15) is 23.1 Å². The number of aryl methyl sites for hydroxylation is 1. The number of ether oxygens (including phenoxy) is 1. The van der Waals surface area contributed by atoms with Crippen molar-refractivity contribution in [2.24, 2.45) is 10.2 Å². The average molecular weight is 410 g/mol. The number of thioether (sulfide) groups is 1. The molecular formula is C21H22N4O3S. The van der Waals surface area contributed by atoms with Crippen molar-refractivity contribution in [2.45, 2.75) is 25.5 Å². The zero-order chi connectivity index (χ0) is 20.8. The summed E-state index contributed by atoms with van der Waals surface area (Å²) in [6, 6.07) is 13.1.